The van der Waals surface area contributed by atoms with Crippen LogP contribution in [0, 0.1) is 0 Å². The van der Waals surface area contributed by atoms with Gasteiger partial charge in [0.1, 0.15) is 5.58 Å². The first kappa shape index (κ1) is 14.4. The molecule has 104 valence electrons. The van der Waals surface area contributed by atoms with Crippen LogP contribution in [0.25, 0.3) is 11.0 Å². The van der Waals surface area contributed by atoms with Crippen LogP contribution in [0.1, 0.15) is 12.5 Å². The van der Waals surface area contributed by atoms with Crippen molar-refractivity contribution in [3.8, 4) is 0 Å². The van der Waals surface area contributed by atoms with E-state index < -0.39 is 9.84 Å². The van der Waals surface area contributed by atoms with Gasteiger partial charge in [-0.05, 0) is 17.7 Å². The largest absolute Gasteiger partial charge is 0.444 e. The average Bonchev–Trinajstić information content (AvgIpc) is 2.71. The number of nitrogens with one attached hydrogen (secondary N) is 1. The van der Waals surface area contributed by atoms with Crippen molar-refractivity contribution in [3.63, 3.8) is 0 Å². The normalized spacial score (nSPS) is 12.1. The highest BCUT2D eigenvalue weighted by Crippen LogP contribution is 2.29. The Bertz CT molecular complexity index is 664. The fourth-order valence-electron chi connectivity index (χ4n) is 1.82. The van der Waals surface area contributed by atoms with Gasteiger partial charge in [-0.1, -0.05) is 25.1 Å². The number of rotatable bonds is 6. The molecular formula is C13H16ClNO3S. The minimum atomic E-state index is -2.93. The lowest BCUT2D eigenvalue weighted by atomic mass is 10.2. The van der Waals surface area contributed by atoms with Gasteiger partial charge in [-0.3, -0.25) is 0 Å². The first-order valence-corrected chi connectivity index (χ1v) is 8.30. The lowest BCUT2D eigenvalue weighted by Crippen LogP contribution is -2.23. The summed E-state index contributed by atoms with van der Waals surface area (Å²) >= 11 is 6.04. The van der Waals surface area contributed by atoms with E-state index >= 15 is 0 Å². The minimum absolute atomic E-state index is 0.136. The van der Waals surface area contributed by atoms with Gasteiger partial charge in [-0.2, -0.15) is 0 Å². The van der Waals surface area contributed by atoms with E-state index in [4.69, 9.17) is 16.0 Å². The predicted octanol–water partition coefficient (Wildman–Crippen LogP) is 2.61. The zero-order valence-corrected chi connectivity index (χ0v) is 12.2. The van der Waals surface area contributed by atoms with E-state index in [2.05, 4.69) is 5.32 Å². The molecule has 2 rings (SSSR count). The van der Waals surface area contributed by atoms with Crippen molar-refractivity contribution in [2.45, 2.75) is 13.5 Å². The monoisotopic (exact) mass is 301 g/mol. The second-order valence-electron chi connectivity index (χ2n) is 4.26. The van der Waals surface area contributed by atoms with Crippen molar-refractivity contribution in [1.82, 2.24) is 5.32 Å². The van der Waals surface area contributed by atoms with E-state index in [0.717, 1.165) is 16.5 Å². The fourth-order valence-corrected chi connectivity index (χ4v) is 2.81. The number of halogens is 1. The summed E-state index contributed by atoms with van der Waals surface area (Å²) in [4.78, 5) is 0. The topological polar surface area (TPSA) is 59.3 Å². The number of benzene rings is 1. The number of hydrogen-bond donors (Lipinski definition) is 1. The molecule has 1 aromatic heterocycles. The Morgan fingerprint density at radius 2 is 2.05 bits per heavy atom. The molecule has 1 heterocycles. The summed E-state index contributed by atoms with van der Waals surface area (Å²) in [6.07, 6.45) is 0. The highest BCUT2D eigenvalue weighted by molar-refractivity contribution is 7.91. The Balaban J connectivity index is 2.01. The molecule has 0 saturated carbocycles. The van der Waals surface area contributed by atoms with Gasteiger partial charge in [0.25, 0.3) is 0 Å². The summed E-state index contributed by atoms with van der Waals surface area (Å²) < 4.78 is 28.1. The lowest BCUT2D eigenvalue weighted by Gasteiger charge is -2.04. The van der Waals surface area contributed by atoms with Crippen molar-refractivity contribution in [1.29, 1.82) is 0 Å². The van der Waals surface area contributed by atoms with Crippen molar-refractivity contribution >= 4 is 32.4 Å². The highest BCUT2D eigenvalue weighted by atomic mass is 35.5. The summed E-state index contributed by atoms with van der Waals surface area (Å²) in [5.74, 6) is 0.307. The molecule has 4 nitrogen and oxygen atoms in total. The van der Waals surface area contributed by atoms with Crippen LogP contribution >= 0.6 is 11.6 Å². The number of sulfone groups is 1. The molecule has 0 unspecified atom stereocenters. The van der Waals surface area contributed by atoms with Crippen molar-refractivity contribution < 1.29 is 12.8 Å². The number of furan rings is 1. The smallest absolute Gasteiger partial charge is 0.199 e. The molecule has 2 aromatic rings. The van der Waals surface area contributed by atoms with Crippen LogP contribution in [0.3, 0.4) is 0 Å². The maximum Gasteiger partial charge on any atom is 0.199 e. The quantitative estimate of drug-likeness (QED) is 0.833. The standard InChI is InChI=1S/C13H16ClNO3S/c1-2-19(16,17)8-7-15-9-11-10-5-3-4-6-12(10)18-13(11)14/h3-6,15H,2,7-9H2,1H3. The molecule has 19 heavy (non-hydrogen) atoms. The van der Waals surface area contributed by atoms with E-state index in [1.54, 1.807) is 6.92 Å². The van der Waals surface area contributed by atoms with Crippen LogP contribution in [-0.4, -0.2) is 26.5 Å². The second-order valence-corrected chi connectivity index (χ2v) is 7.08. The summed E-state index contributed by atoms with van der Waals surface area (Å²) in [5.41, 5.74) is 1.61. The minimum Gasteiger partial charge on any atom is -0.444 e. The van der Waals surface area contributed by atoms with E-state index in [9.17, 15) is 8.42 Å². The third kappa shape index (κ3) is 3.49. The van der Waals surface area contributed by atoms with Crippen molar-refractivity contribution in [2.24, 2.45) is 0 Å². The molecule has 0 fully saturated rings. The molecule has 0 bridgehead atoms. The van der Waals surface area contributed by atoms with Gasteiger partial charge in [0, 0.05) is 29.8 Å². The van der Waals surface area contributed by atoms with Gasteiger partial charge >= 0.3 is 0 Å². The van der Waals surface area contributed by atoms with Gasteiger partial charge in [0.2, 0.25) is 0 Å². The number of hydrogen-bond acceptors (Lipinski definition) is 4. The van der Waals surface area contributed by atoms with Crippen molar-refractivity contribution in [2.75, 3.05) is 18.1 Å². The first-order valence-electron chi connectivity index (χ1n) is 6.10. The molecule has 6 heteroatoms. The molecule has 0 aliphatic carbocycles. The second kappa shape index (κ2) is 5.94. The Labute approximate surface area is 117 Å². The van der Waals surface area contributed by atoms with Crippen LogP contribution in [0.2, 0.25) is 5.22 Å². The maximum absolute atomic E-state index is 11.4. The van der Waals surface area contributed by atoms with Crippen LogP contribution in [0.15, 0.2) is 28.7 Å². The van der Waals surface area contributed by atoms with E-state index in [0.29, 0.717) is 18.3 Å². The Hall–Kier alpha value is -1.04. The van der Waals surface area contributed by atoms with Crippen molar-refractivity contribution in [3.05, 3.63) is 35.0 Å². The summed E-state index contributed by atoms with van der Waals surface area (Å²) in [6, 6.07) is 7.59. The third-order valence-electron chi connectivity index (χ3n) is 2.98. The maximum atomic E-state index is 11.4. The SMILES string of the molecule is CCS(=O)(=O)CCNCc1c(Cl)oc2ccccc12. The van der Waals surface area contributed by atoms with Gasteiger partial charge in [-0.15, -0.1) is 0 Å². The number of fused-ring (bicyclic) bond motifs is 1. The van der Waals surface area contributed by atoms with Gasteiger partial charge in [-0.25, -0.2) is 8.42 Å². The van der Waals surface area contributed by atoms with Gasteiger partial charge in [0.05, 0.1) is 5.75 Å². The first-order chi connectivity index (χ1) is 9.03. The average molecular weight is 302 g/mol. The van der Waals surface area contributed by atoms with E-state index in [1.807, 2.05) is 24.3 Å². The molecule has 0 atom stereocenters. The molecule has 0 spiro atoms. The fraction of sp³-hybridized carbons (Fsp3) is 0.385. The zero-order chi connectivity index (χ0) is 13.9. The van der Waals surface area contributed by atoms with Crippen LogP contribution < -0.4 is 5.32 Å². The molecule has 0 saturated heterocycles. The summed E-state index contributed by atoms with van der Waals surface area (Å²) in [7, 11) is -2.93. The van der Waals surface area contributed by atoms with Crippen LogP contribution in [-0.2, 0) is 16.4 Å². The van der Waals surface area contributed by atoms with Gasteiger partial charge < -0.3 is 9.73 Å². The van der Waals surface area contributed by atoms with E-state index in [-0.39, 0.29) is 11.5 Å². The molecule has 1 N–H and O–H groups in total. The van der Waals surface area contributed by atoms with Crippen LogP contribution in [0.5, 0.6) is 0 Å². The Kier molecular flexibility index (Phi) is 4.50. The number of para-hydroxylation sites is 1. The molecule has 0 aliphatic rings. The molecule has 0 amide bonds. The predicted molar refractivity (Wildman–Crippen MR) is 77.3 cm³/mol. The molecule has 0 radical (unpaired) electrons. The van der Waals surface area contributed by atoms with Crippen LogP contribution in [0.4, 0.5) is 0 Å². The third-order valence-corrected chi connectivity index (χ3v) is 4.99. The molecular weight excluding hydrogens is 286 g/mol. The van der Waals surface area contributed by atoms with E-state index in [1.165, 1.54) is 0 Å². The Morgan fingerprint density at radius 1 is 1.32 bits per heavy atom. The lowest BCUT2D eigenvalue weighted by molar-refractivity contribution is 0.590. The summed E-state index contributed by atoms with van der Waals surface area (Å²) in [6.45, 7) is 2.55. The molecule has 1 aromatic carbocycles. The Morgan fingerprint density at radius 3 is 2.79 bits per heavy atom. The molecule has 0 aliphatic heterocycles. The summed E-state index contributed by atoms with van der Waals surface area (Å²) in [5, 5.41) is 4.40. The highest BCUT2D eigenvalue weighted by Gasteiger charge is 2.12. The van der Waals surface area contributed by atoms with Gasteiger partial charge in [0.15, 0.2) is 15.1 Å². The zero-order valence-electron chi connectivity index (χ0n) is 10.6.